The molecule has 0 aromatic heterocycles. The third kappa shape index (κ3) is 1.70. The number of hydrogen-bond donors (Lipinski definition) is 2. The summed E-state index contributed by atoms with van der Waals surface area (Å²) < 4.78 is 14.1. The Morgan fingerprint density at radius 3 is 3.08 bits per heavy atom. The summed E-state index contributed by atoms with van der Waals surface area (Å²) in [5, 5.41) is 3.19. The Morgan fingerprint density at radius 1 is 1.54 bits per heavy atom. The van der Waals surface area contributed by atoms with Gasteiger partial charge in [-0.25, -0.2) is 4.39 Å². The maximum Gasteiger partial charge on any atom is 0.147 e. The van der Waals surface area contributed by atoms with Crippen LogP contribution in [-0.4, -0.2) is 6.54 Å². The molecule has 1 aromatic carbocycles. The average Bonchev–Trinajstić information content (AvgIpc) is 2.07. The van der Waals surface area contributed by atoms with Crippen LogP contribution in [-0.2, 0) is 0 Å². The maximum absolute atomic E-state index is 13.4. The van der Waals surface area contributed by atoms with E-state index in [-0.39, 0.29) is 11.1 Å². The highest BCUT2D eigenvalue weighted by Gasteiger charge is 2.20. The Balaban J connectivity index is 2.56. The third-order valence-electron chi connectivity index (χ3n) is 2.16. The maximum atomic E-state index is 13.4. The van der Waals surface area contributed by atoms with Crippen LogP contribution in [0.25, 0.3) is 0 Å². The zero-order valence-electron chi connectivity index (χ0n) is 6.85. The normalized spacial score (nSPS) is 20.7. The van der Waals surface area contributed by atoms with E-state index < -0.39 is 0 Å². The fourth-order valence-electron chi connectivity index (χ4n) is 1.53. The largest absolute Gasteiger partial charge is 0.382 e. The Hall–Kier alpha value is -0.220. The van der Waals surface area contributed by atoms with Crippen LogP contribution in [0.15, 0.2) is 16.6 Å². The minimum Gasteiger partial charge on any atom is -0.382 e. The van der Waals surface area contributed by atoms with E-state index in [1.807, 2.05) is 6.07 Å². The molecule has 1 heterocycles. The van der Waals surface area contributed by atoms with Crippen molar-refractivity contribution in [2.45, 2.75) is 11.7 Å². The molecule has 1 N–H and O–H groups in total. The quantitative estimate of drug-likeness (QED) is 0.683. The van der Waals surface area contributed by atoms with E-state index in [1.54, 1.807) is 0 Å². The van der Waals surface area contributed by atoms with Gasteiger partial charge in [0.15, 0.2) is 0 Å². The molecule has 2 rings (SSSR count). The summed E-state index contributed by atoms with van der Waals surface area (Å²) in [4.78, 5) is 0. The molecule has 1 aliphatic rings. The zero-order valence-corrected chi connectivity index (χ0v) is 9.33. The molecule has 1 nitrogen and oxygen atoms in total. The first-order valence-electron chi connectivity index (χ1n) is 4.09. The number of rotatable bonds is 0. The van der Waals surface area contributed by atoms with Crippen LogP contribution in [0.4, 0.5) is 10.1 Å². The summed E-state index contributed by atoms with van der Waals surface area (Å²) in [5.41, 5.74) is 1.55. The van der Waals surface area contributed by atoms with Crippen molar-refractivity contribution in [2.24, 2.45) is 0 Å². The van der Waals surface area contributed by atoms with Crippen LogP contribution in [0.1, 0.15) is 17.2 Å². The van der Waals surface area contributed by atoms with E-state index in [0.717, 1.165) is 23.0 Å². The number of fused-ring (bicyclic) bond motifs is 1. The lowest BCUT2D eigenvalue weighted by molar-refractivity contribution is 0.621. The average molecular weight is 262 g/mol. The topological polar surface area (TPSA) is 12.0 Å². The third-order valence-corrected chi connectivity index (χ3v) is 3.16. The van der Waals surface area contributed by atoms with Crippen LogP contribution >= 0.6 is 28.6 Å². The van der Waals surface area contributed by atoms with Gasteiger partial charge in [0.1, 0.15) is 5.82 Å². The number of thiol groups is 1. The molecule has 1 aromatic rings. The molecule has 1 unspecified atom stereocenters. The van der Waals surface area contributed by atoms with Crippen LogP contribution in [0.2, 0.25) is 0 Å². The lowest BCUT2D eigenvalue weighted by Gasteiger charge is -2.23. The van der Waals surface area contributed by atoms with E-state index >= 15 is 0 Å². The standard InChI is InChI=1S/C9H9BrFNS/c10-5-3-6-8(13)1-2-12-9(6)7(11)4-5/h3-4,8,12-13H,1-2H2. The molecule has 0 bridgehead atoms. The number of benzene rings is 1. The van der Waals surface area contributed by atoms with Gasteiger partial charge < -0.3 is 5.32 Å². The molecule has 13 heavy (non-hydrogen) atoms. The number of nitrogens with one attached hydrogen (secondary N) is 1. The van der Waals surface area contributed by atoms with Crippen LogP contribution in [0, 0.1) is 5.82 Å². The Morgan fingerprint density at radius 2 is 2.31 bits per heavy atom. The van der Waals surface area contributed by atoms with Gasteiger partial charge in [-0.15, -0.1) is 0 Å². The molecule has 0 saturated carbocycles. The number of anilines is 1. The minimum absolute atomic E-state index is 0.142. The molecule has 0 fully saturated rings. The number of halogens is 2. The summed E-state index contributed by atoms with van der Waals surface area (Å²) in [6.07, 6.45) is 0.937. The molecule has 0 spiro atoms. The van der Waals surface area contributed by atoms with Crippen molar-refractivity contribution in [3.8, 4) is 0 Å². The molecule has 4 heteroatoms. The summed E-state index contributed by atoms with van der Waals surface area (Å²) in [7, 11) is 0. The van der Waals surface area contributed by atoms with Gasteiger partial charge >= 0.3 is 0 Å². The van der Waals surface area contributed by atoms with Crippen molar-refractivity contribution < 1.29 is 4.39 Å². The highest BCUT2D eigenvalue weighted by molar-refractivity contribution is 9.10. The van der Waals surface area contributed by atoms with E-state index in [0.29, 0.717) is 5.69 Å². The fraction of sp³-hybridized carbons (Fsp3) is 0.333. The molecule has 0 aliphatic carbocycles. The predicted molar refractivity (Wildman–Crippen MR) is 58.9 cm³/mol. The molecule has 1 aliphatic heterocycles. The summed E-state index contributed by atoms with van der Waals surface area (Å²) in [6.45, 7) is 0.791. The van der Waals surface area contributed by atoms with Crippen molar-refractivity contribution in [3.63, 3.8) is 0 Å². The highest BCUT2D eigenvalue weighted by atomic mass is 79.9. The zero-order chi connectivity index (χ0) is 9.42. The highest BCUT2D eigenvalue weighted by Crippen LogP contribution is 2.37. The molecule has 0 radical (unpaired) electrons. The molecule has 0 amide bonds. The van der Waals surface area contributed by atoms with E-state index in [2.05, 4.69) is 33.9 Å². The van der Waals surface area contributed by atoms with Gasteiger partial charge in [-0.2, -0.15) is 12.6 Å². The molecule has 70 valence electrons. The minimum atomic E-state index is -0.205. The van der Waals surface area contributed by atoms with Crippen molar-refractivity contribution in [1.29, 1.82) is 0 Å². The van der Waals surface area contributed by atoms with E-state index in [1.165, 1.54) is 6.07 Å². The Labute approximate surface area is 90.3 Å². The smallest absolute Gasteiger partial charge is 0.147 e. The van der Waals surface area contributed by atoms with Crippen molar-refractivity contribution in [1.82, 2.24) is 0 Å². The second kappa shape index (κ2) is 3.50. The van der Waals surface area contributed by atoms with Gasteiger partial charge in [0.05, 0.1) is 5.69 Å². The van der Waals surface area contributed by atoms with E-state index in [4.69, 9.17) is 0 Å². The summed E-state index contributed by atoms with van der Waals surface area (Å²) in [5.74, 6) is -0.205. The lowest BCUT2D eigenvalue weighted by atomic mass is 10.0. The summed E-state index contributed by atoms with van der Waals surface area (Å²) in [6, 6.07) is 3.39. The first-order valence-corrected chi connectivity index (χ1v) is 5.40. The molecular weight excluding hydrogens is 253 g/mol. The van der Waals surface area contributed by atoms with Crippen LogP contribution in [0.5, 0.6) is 0 Å². The molecule has 1 atom stereocenters. The van der Waals surface area contributed by atoms with E-state index in [9.17, 15) is 4.39 Å². The lowest BCUT2D eigenvalue weighted by Crippen LogP contribution is -2.15. The second-order valence-corrected chi connectivity index (χ2v) is 4.62. The monoisotopic (exact) mass is 261 g/mol. The van der Waals surface area contributed by atoms with Gasteiger partial charge in [0.2, 0.25) is 0 Å². The van der Waals surface area contributed by atoms with Gasteiger partial charge in [-0.3, -0.25) is 0 Å². The Bertz CT molecular complexity index is 343. The first kappa shape index (κ1) is 9.34. The van der Waals surface area contributed by atoms with Gasteiger partial charge in [0, 0.05) is 16.3 Å². The summed E-state index contributed by atoms with van der Waals surface area (Å²) >= 11 is 7.67. The van der Waals surface area contributed by atoms with Crippen molar-refractivity contribution >= 4 is 34.2 Å². The predicted octanol–water partition coefficient (Wildman–Crippen LogP) is 3.37. The van der Waals surface area contributed by atoms with Crippen molar-refractivity contribution in [2.75, 3.05) is 11.9 Å². The second-order valence-electron chi connectivity index (χ2n) is 3.08. The van der Waals surface area contributed by atoms with Crippen LogP contribution in [0.3, 0.4) is 0 Å². The number of hydrogen-bond acceptors (Lipinski definition) is 2. The van der Waals surface area contributed by atoms with Crippen LogP contribution < -0.4 is 5.32 Å². The van der Waals surface area contributed by atoms with Crippen molar-refractivity contribution in [3.05, 3.63) is 28.0 Å². The molecular formula is C9H9BrFNS. The fourth-order valence-corrected chi connectivity index (χ4v) is 2.31. The van der Waals surface area contributed by atoms with Gasteiger partial charge in [-0.1, -0.05) is 15.9 Å². The van der Waals surface area contributed by atoms with Gasteiger partial charge in [0.25, 0.3) is 0 Å². The SMILES string of the molecule is Fc1cc(Br)cc2c1NCCC2S. The first-order chi connectivity index (χ1) is 6.18. The molecule has 0 saturated heterocycles. The Kier molecular flexibility index (Phi) is 2.51. The van der Waals surface area contributed by atoms with Gasteiger partial charge in [-0.05, 0) is 24.1 Å².